The molecule has 0 aliphatic carbocycles. The van der Waals surface area contributed by atoms with Crippen LogP contribution < -0.4 is 0 Å². The molecule has 0 fully saturated rings. The van der Waals surface area contributed by atoms with E-state index in [9.17, 15) is 0 Å². The molecule has 2 radical (unpaired) electrons. The fourth-order valence-electron chi connectivity index (χ4n) is 0.553. The smallest absolute Gasteiger partial charge is 0.0430 e. The summed E-state index contributed by atoms with van der Waals surface area (Å²) in [6.07, 6.45) is 4.57. The van der Waals surface area contributed by atoms with Crippen molar-refractivity contribution in [2.24, 2.45) is 0 Å². The summed E-state index contributed by atoms with van der Waals surface area (Å²) in [6, 6.07) is 0. The zero-order valence-corrected chi connectivity index (χ0v) is 13.8. The number of hydrogen-bond donors (Lipinski definition) is 0. The third-order valence-corrected chi connectivity index (χ3v) is 1.73. The van der Waals surface area contributed by atoms with E-state index < -0.39 is 0 Å². The summed E-state index contributed by atoms with van der Waals surface area (Å²) in [7, 11) is 0. The van der Waals surface area contributed by atoms with E-state index in [4.69, 9.17) is 4.74 Å². The number of ether oxygens (including phenoxy) is 1. The van der Waals surface area contributed by atoms with E-state index in [-0.39, 0.29) is 62.5 Å². The van der Waals surface area contributed by atoms with Crippen LogP contribution in [0.25, 0.3) is 0 Å². The third-order valence-electron chi connectivity index (χ3n) is 1.03. The van der Waals surface area contributed by atoms with Crippen molar-refractivity contribution in [1.82, 2.24) is 0 Å². The van der Waals surface area contributed by atoms with Gasteiger partial charge in [-0.05, 0) is 24.9 Å². The Morgan fingerprint density at radius 2 is 1.92 bits per heavy atom. The number of thioether (sulfide) groups is 1. The monoisotopic (exact) mass is 448 g/mol. The maximum atomic E-state index is 5.06. The molecule has 0 aliphatic rings. The molecule has 78 valence electrons. The quantitative estimate of drug-likeness (QED) is 0.351. The van der Waals surface area contributed by atoms with Crippen molar-refractivity contribution in [2.45, 2.75) is 12.8 Å². The predicted molar refractivity (Wildman–Crippen MR) is 50.2 cm³/mol. The Kier molecular flexibility index (Phi) is 45.9. The van der Waals surface area contributed by atoms with Gasteiger partial charge in [-0.3, -0.25) is 0 Å². The van der Waals surface area contributed by atoms with E-state index in [0.29, 0.717) is 6.61 Å². The van der Waals surface area contributed by atoms with Crippen molar-refractivity contribution in [1.29, 1.82) is 0 Å². The van der Waals surface area contributed by atoms with Crippen LogP contribution in [0.3, 0.4) is 0 Å². The topological polar surface area (TPSA) is 9.23 Å². The van der Waals surface area contributed by atoms with Gasteiger partial charge in [-0.15, -0.1) is 0 Å². The van der Waals surface area contributed by atoms with Gasteiger partial charge < -0.3 is 19.1 Å². The molecule has 0 atom stereocenters. The van der Waals surface area contributed by atoms with Gasteiger partial charge in [0.25, 0.3) is 0 Å². The predicted octanol–water partition coefficient (Wildman–Crippen LogP) is 2.43. The second-order valence-corrected chi connectivity index (χ2v) is 2.80. The summed E-state index contributed by atoms with van der Waals surface area (Å²) in [5.41, 5.74) is 0. The second kappa shape index (κ2) is 23.2. The van der Waals surface area contributed by atoms with Crippen LogP contribution in [0.15, 0.2) is 0 Å². The van der Waals surface area contributed by atoms with Crippen LogP contribution in [-0.4, -0.2) is 25.2 Å². The molecule has 0 aliphatic heterocycles. The fraction of sp³-hybridized carbons (Fsp3) is 0.750. The van der Waals surface area contributed by atoms with Gasteiger partial charge in [0.2, 0.25) is 0 Å². The molecule has 0 aromatic rings. The first kappa shape index (κ1) is 23.8. The molecule has 0 spiro atoms. The SMILES string of the molecule is [Au].[CH2-]COCCCCSC.[CH3-].[Y]. The summed E-state index contributed by atoms with van der Waals surface area (Å²) in [6.45, 7) is 5.07. The van der Waals surface area contributed by atoms with Gasteiger partial charge >= 0.3 is 0 Å². The molecule has 4 heteroatoms. The molecule has 12 heavy (non-hydrogen) atoms. The average molecular weight is 448 g/mol. The van der Waals surface area contributed by atoms with Crippen molar-refractivity contribution in [3.8, 4) is 0 Å². The molecule has 0 aromatic heterocycles. The molecule has 0 aromatic carbocycles. The third kappa shape index (κ3) is 22.7. The van der Waals surface area contributed by atoms with Crippen LogP contribution in [0.1, 0.15) is 12.8 Å². The average Bonchev–Trinajstić information content (AvgIpc) is 1.89. The van der Waals surface area contributed by atoms with E-state index >= 15 is 0 Å². The normalized spacial score (nSPS) is 7.50. The van der Waals surface area contributed by atoms with Gasteiger partial charge in [-0.2, -0.15) is 11.8 Å². The maximum Gasteiger partial charge on any atom is 0.0430 e. The maximum absolute atomic E-state index is 5.06. The Bertz CT molecular complexity index is 52.3. The molecule has 0 unspecified atom stereocenters. The fourth-order valence-corrected chi connectivity index (χ4v) is 1.05. The molecule has 0 heterocycles. The van der Waals surface area contributed by atoms with E-state index in [0.717, 1.165) is 6.61 Å². The Morgan fingerprint density at radius 1 is 1.33 bits per heavy atom. The summed E-state index contributed by atoms with van der Waals surface area (Å²) >= 11 is 1.89. The number of hydrogen-bond acceptors (Lipinski definition) is 2. The number of unbranched alkanes of at least 4 members (excludes halogenated alkanes) is 1. The van der Waals surface area contributed by atoms with Gasteiger partial charge in [0, 0.05) is 61.7 Å². The van der Waals surface area contributed by atoms with Crippen LogP contribution in [0.5, 0.6) is 0 Å². The first-order valence-electron chi connectivity index (χ1n) is 3.27. The minimum atomic E-state index is 0. The van der Waals surface area contributed by atoms with Crippen LogP contribution in [0, 0.1) is 14.4 Å². The minimum Gasteiger partial charge on any atom is -0.413 e. The minimum absolute atomic E-state index is 0. The molecule has 0 saturated carbocycles. The zero-order chi connectivity index (χ0) is 6.95. The van der Waals surface area contributed by atoms with Gasteiger partial charge in [-0.25, -0.2) is 0 Å². The second-order valence-electron chi connectivity index (χ2n) is 1.81. The Hall–Kier alpha value is 2.15. The first-order valence-corrected chi connectivity index (χ1v) is 4.67. The van der Waals surface area contributed by atoms with Crippen molar-refractivity contribution in [2.75, 3.05) is 25.2 Å². The van der Waals surface area contributed by atoms with E-state index in [1.807, 2.05) is 11.8 Å². The molecule has 0 bridgehead atoms. The van der Waals surface area contributed by atoms with Crippen molar-refractivity contribution >= 4 is 11.8 Å². The van der Waals surface area contributed by atoms with Crippen molar-refractivity contribution in [3.63, 3.8) is 0 Å². The number of rotatable bonds is 6. The first-order chi connectivity index (χ1) is 4.41. The summed E-state index contributed by atoms with van der Waals surface area (Å²) < 4.78 is 5.06. The largest absolute Gasteiger partial charge is 0.413 e. The Balaban J connectivity index is -0.000000107. The molecular weight excluding hydrogens is 430 g/mol. The van der Waals surface area contributed by atoms with Crippen LogP contribution in [-0.2, 0) is 59.8 Å². The zero-order valence-electron chi connectivity index (χ0n) is 7.94. The molecule has 0 N–H and O–H groups in total. The van der Waals surface area contributed by atoms with Crippen LogP contribution in [0.4, 0.5) is 0 Å². The Morgan fingerprint density at radius 3 is 2.33 bits per heavy atom. The molecule has 0 saturated heterocycles. The van der Waals surface area contributed by atoms with Crippen LogP contribution >= 0.6 is 11.8 Å². The summed E-state index contributed by atoms with van der Waals surface area (Å²) in [4.78, 5) is 0. The molecular formula is C8H18AuOSY-2. The summed E-state index contributed by atoms with van der Waals surface area (Å²) in [5, 5.41) is 0. The molecule has 0 amide bonds. The Labute approximate surface area is 123 Å². The molecule has 0 rings (SSSR count). The standard InChI is InChI=1S/C7H15OS.CH3.Au.Y/c1-3-8-6-4-5-7-9-2;;;/h1,3-7H2,2H3;1H3;;/q2*-1;;. The molecule has 1 nitrogen and oxygen atoms in total. The van der Waals surface area contributed by atoms with E-state index in [1.54, 1.807) is 0 Å². The van der Waals surface area contributed by atoms with Crippen molar-refractivity contribution < 1.29 is 59.8 Å². The van der Waals surface area contributed by atoms with Gasteiger partial charge in [0.1, 0.15) is 0 Å². The van der Waals surface area contributed by atoms with Gasteiger partial charge in [0.15, 0.2) is 0 Å². The summed E-state index contributed by atoms with van der Waals surface area (Å²) in [5.74, 6) is 1.25. The van der Waals surface area contributed by atoms with Gasteiger partial charge in [-0.1, -0.05) is 6.61 Å². The van der Waals surface area contributed by atoms with Crippen LogP contribution in [0.2, 0.25) is 0 Å². The van der Waals surface area contributed by atoms with E-state index in [2.05, 4.69) is 13.2 Å². The van der Waals surface area contributed by atoms with E-state index in [1.165, 1.54) is 18.6 Å². The van der Waals surface area contributed by atoms with Gasteiger partial charge in [0.05, 0.1) is 0 Å². The van der Waals surface area contributed by atoms with Crippen molar-refractivity contribution in [3.05, 3.63) is 14.4 Å².